The van der Waals surface area contributed by atoms with Gasteiger partial charge in [-0.3, -0.25) is 4.79 Å². The first-order valence-electron chi connectivity index (χ1n) is 9.54. The van der Waals surface area contributed by atoms with E-state index in [1.54, 1.807) is 20.4 Å². The highest BCUT2D eigenvalue weighted by atomic mass is 32.2. The monoisotopic (exact) mass is 427 g/mol. The molecule has 0 aromatic heterocycles. The van der Waals surface area contributed by atoms with Gasteiger partial charge in [-0.1, -0.05) is 23.9 Å². The zero-order valence-electron chi connectivity index (χ0n) is 17.4. The van der Waals surface area contributed by atoms with E-state index in [2.05, 4.69) is 15.5 Å². The number of carbonyl (C=O) groups excluding carboxylic acids is 1. The Hall–Kier alpha value is -3.00. The Balaban J connectivity index is 1.63. The Kier molecular flexibility index (Phi) is 7.35. The Bertz CT molecular complexity index is 959. The smallest absolute Gasteiger partial charge is 0.239 e. The molecular weight excluding hydrogens is 402 g/mol. The summed E-state index contributed by atoms with van der Waals surface area (Å²) in [4.78, 5) is 12.3. The molecule has 1 fully saturated rings. The van der Waals surface area contributed by atoms with Crippen molar-refractivity contribution in [1.29, 1.82) is 0 Å². The van der Waals surface area contributed by atoms with Crippen molar-refractivity contribution in [2.24, 2.45) is 10.2 Å². The first kappa shape index (κ1) is 21.7. The first-order valence-corrected chi connectivity index (χ1v) is 10.4. The van der Waals surface area contributed by atoms with Crippen LogP contribution in [0.4, 0.5) is 0 Å². The molecule has 1 saturated heterocycles. The topological polar surface area (TPSA) is 81.5 Å². The van der Waals surface area contributed by atoms with Gasteiger partial charge in [0, 0.05) is 0 Å². The van der Waals surface area contributed by atoms with Gasteiger partial charge in [0.15, 0.2) is 16.7 Å². The van der Waals surface area contributed by atoms with Crippen LogP contribution >= 0.6 is 11.8 Å². The van der Waals surface area contributed by atoms with Crippen LogP contribution in [0.1, 0.15) is 25.0 Å². The van der Waals surface area contributed by atoms with Crippen LogP contribution in [0, 0.1) is 0 Å². The number of hydrogen-bond donors (Lipinski definition) is 1. The lowest BCUT2D eigenvalue weighted by molar-refractivity contribution is -0.118. The molecule has 8 heteroatoms. The number of nitrogens with one attached hydrogen (secondary N) is 1. The number of amides is 1. The molecule has 0 radical (unpaired) electrons. The minimum absolute atomic E-state index is 0.0535. The van der Waals surface area contributed by atoms with Crippen molar-refractivity contribution in [3.8, 4) is 17.2 Å². The lowest BCUT2D eigenvalue weighted by Gasteiger charge is -2.13. The minimum Gasteiger partial charge on any atom is -0.497 e. The third kappa shape index (κ3) is 5.76. The van der Waals surface area contributed by atoms with Gasteiger partial charge in [0.05, 0.1) is 31.8 Å². The molecule has 1 aliphatic rings. The van der Waals surface area contributed by atoms with E-state index in [-0.39, 0.29) is 17.3 Å². The maximum Gasteiger partial charge on any atom is 0.239 e. The molecule has 1 aliphatic heterocycles. The summed E-state index contributed by atoms with van der Waals surface area (Å²) in [6.07, 6.45) is 2.25. The van der Waals surface area contributed by atoms with Crippen LogP contribution in [0.3, 0.4) is 0 Å². The summed E-state index contributed by atoms with van der Waals surface area (Å²) in [5, 5.41) is 11.3. The molecule has 1 amide bonds. The van der Waals surface area contributed by atoms with E-state index >= 15 is 0 Å². The van der Waals surface area contributed by atoms with Crippen LogP contribution < -0.4 is 19.5 Å². The van der Waals surface area contributed by atoms with Gasteiger partial charge in [-0.2, -0.15) is 5.10 Å². The largest absolute Gasteiger partial charge is 0.497 e. The second kappa shape index (κ2) is 10.2. The molecule has 0 saturated carbocycles. The summed E-state index contributed by atoms with van der Waals surface area (Å²) in [6.45, 7) is 3.92. The van der Waals surface area contributed by atoms with Crippen LogP contribution in [0.5, 0.6) is 17.2 Å². The number of benzene rings is 2. The lowest BCUT2D eigenvalue weighted by atomic mass is 10.1. The Morgan fingerprint density at radius 1 is 1.13 bits per heavy atom. The SMILES string of the molecule is COc1cccc(C[C@H]2S/C(=N/N=C\c3ccc(OC(C)C)c(OC)c3)NC2=O)c1. The number of thioether (sulfide) groups is 1. The predicted octanol–water partition coefficient (Wildman–Crippen LogP) is 3.66. The number of hydrogen-bond acceptors (Lipinski definition) is 7. The van der Waals surface area contributed by atoms with Crippen molar-refractivity contribution >= 4 is 29.1 Å². The third-order valence-electron chi connectivity index (χ3n) is 4.24. The van der Waals surface area contributed by atoms with Crippen molar-refractivity contribution < 1.29 is 19.0 Å². The standard InChI is InChI=1S/C22H25N3O4S/c1-14(2)29-18-9-8-16(11-19(18)28-4)13-23-25-22-24-21(26)20(30-22)12-15-6-5-7-17(10-15)27-3/h5-11,13-14,20H,12H2,1-4H3,(H,24,25,26)/b23-13-/t20-/m1/s1. The molecular formula is C22H25N3O4S. The summed E-state index contributed by atoms with van der Waals surface area (Å²) in [5.74, 6) is 2.00. The van der Waals surface area contributed by atoms with Crippen molar-refractivity contribution in [3.05, 3.63) is 53.6 Å². The highest BCUT2D eigenvalue weighted by Crippen LogP contribution is 2.28. The van der Waals surface area contributed by atoms with E-state index in [9.17, 15) is 4.79 Å². The maximum absolute atomic E-state index is 12.3. The van der Waals surface area contributed by atoms with E-state index in [4.69, 9.17) is 14.2 Å². The highest BCUT2D eigenvalue weighted by Gasteiger charge is 2.30. The van der Waals surface area contributed by atoms with E-state index in [0.717, 1.165) is 16.9 Å². The summed E-state index contributed by atoms with van der Waals surface area (Å²) < 4.78 is 16.3. The average Bonchev–Trinajstić information content (AvgIpc) is 3.07. The van der Waals surface area contributed by atoms with Crippen LogP contribution in [0.15, 0.2) is 52.7 Å². The number of methoxy groups -OCH3 is 2. The van der Waals surface area contributed by atoms with Crippen molar-refractivity contribution in [2.45, 2.75) is 31.6 Å². The molecule has 158 valence electrons. The molecule has 2 aromatic rings. The van der Waals surface area contributed by atoms with E-state index in [1.165, 1.54) is 11.8 Å². The fraction of sp³-hybridized carbons (Fsp3) is 0.318. The molecule has 0 bridgehead atoms. The van der Waals surface area contributed by atoms with Gasteiger partial charge in [0.25, 0.3) is 0 Å². The molecule has 30 heavy (non-hydrogen) atoms. The number of nitrogens with zero attached hydrogens (tertiary/aromatic N) is 2. The maximum atomic E-state index is 12.3. The highest BCUT2D eigenvalue weighted by molar-refractivity contribution is 8.15. The number of amidine groups is 1. The number of ether oxygens (including phenoxy) is 3. The molecule has 0 spiro atoms. The molecule has 2 aromatic carbocycles. The lowest BCUT2D eigenvalue weighted by Crippen LogP contribution is -2.25. The van der Waals surface area contributed by atoms with Gasteiger partial charge in [-0.05, 0) is 61.7 Å². The summed E-state index contributed by atoms with van der Waals surface area (Å²) in [7, 11) is 3.22. The van der Waals surface area contributed by atoms with Crippen LogP contribution in [0.2, 0.25) is 0 Å². The van der Waals surface area contributed by atoms with Crippen molar-refractivity contribution in [2.75, 3.05) is 14.2 Å². The molecule has 3 rings (SSSR count). The molecule has 0 aliphatic carbocycles. The molecule has 1 atom stereocenters. The van der Waals surface area contributed by atoms with Crippen LogP contribution in [-0.2, 0) is 11.2 Å². The molecule has 1 N–H and O–H groups in total. The second-order valence-electron chi connectivity index (χ2n) is 6.88. The van der Waals surface area contributed by atoms with Gasteiger partial charge in [-0.25, -0.2) is 0 Å². The van der Waals surface area contributed by atoms with Crippen molar-refractivity contribution in [1.82, 2.24) is 5.32 Å². The molecule has 7 nitrogen and oxygen atoms in total. The summed E-state index contributed by atoms with van der Waals surface area (Å²) in [6, 6.07) is 13.2. The average molecular weight is 428 g/mol. The Labute approximate surface area is 180 Å². The fourth-order valence-corrected chi connectivity index (χ4v) is 3.83. The Morgan fingerprint density at radius 3 is 2.70 bits per heavy atom. The molecule has 0 unspecified atom stereocenters. The minimum atomic E-state index is -0.251. The van der Waals surface area contributed by atoms with E-state index in [0.29, 0.717) is 23.1 Å². The van der Waals surface area contributed by atoms with Crippen molar-refractivity contribution in [3.63, 3.8) is 0 Å². The van der Waals surface area contributed by atoms with Gasteiger partial charge < -0.3 is 19.5 Å². The molecule has 1 heterocycles. The predicted molar refractivity (Wildman–Crippen MR) is 120 cm³/mol. The number of rotatable bonds is 8. The zero-order valence-corrected chi connectivity index (χ0v) is 18.2. The van der Waals surface area contributed by atoms with E-state index in [1.807, 2.05) is 56.3 Å². The summed E-state index contributed by atoms with van der Waals surface area (Å²) >= 11 is 1.37. The Morgan fingerprint density at radius 2 is 1.97 bits per heavy atom. The van der Waals surface area contributed by atoms with E-state index < -0.39 is 0 Å². The zero-order chi connectivity index (χ0) is 21.5. The van der Waals surface area contributed by atoms with Gasteiger partial charge in [-0.15, -0.1) is 5.10 Å². The van der Waals surface area contributed by atoms with Gasteiger partial charge >= 0.3 is 0 Å². The van der Waals surface area contributed by atoms with Crippen LogP contribution in [-0.4, -0.2) is 42.9 Å². The van der Waals surface area contributed by atoms with Gasteiger partial charge in [0.2, 0.25) is 5.91 Å². The second-order valence-corrected chi connectivity index (χ2v) is 8.07. The number of carbonyl (C=O) groups is 1. The summed E-state index contributed by atoms with van der Waals surface area (Å²) in [5.41, 5.74) is 1.84. The first-order chi connectivity index (χ1) is 14.5. The van der Waals surface area contributed by atoms with Crippen LogP contribution in [0.25, 0.3) is 0 Å². The fourth-order valence-electron chi connectivity index (χ4n) is 2.86. The third-order valence-corrected chi connectivity index (χ3v) is 5.31. The van der Waals surface area contributed by atoms with Gasteiger partial charge in [0.1, 0.15) is 5.75 Å². The quantitative estimate of drug-likeness (QED) is 0.514. The normalized spacial score (nSPS) is 17.6.